The first-order chi connectivity index (χ1) is 14.1. The van der Waals surface area contributed by atoms with Crippen molar-refractivity contribution in [3.05, 3.63) is 18.2 Å². The third-order valence-electron chi connectivity index (χ3n) is 6.02. The van der Waals surface area contributed by atoms with Crippen molar-refractivity contribution in [2.24, 2.45) is 17.6 Å². The SMILES string of the molecule is CCC(C)C(O)(CCCC(=O)[C@H](Cc1cnc[nH]1)NC(=O)[C@@H](N)[C@@H](C)CC)C(=O)O. The number of carbonyl (C=O) groups is 3. The van der Waals surface area contributed by atoms with Crippen LogP contribution in [0.25, 0.3) is 0 Å². The fraction of sp³-hybridized carbons (Fsp3) is 0.714. The van der Waals surface area contributed by atoms with E-state index in [2.05, 4.69) is 15.3 Å². The molecule has 1 aromatic heterocycles. The Labute approximate surface area is 177 Å². The molecule has 9 heteroatoms. The summed E-state index contributed by atoms with van der Waals surface area (Å²) in [7, 11) is 0. The number of carbonyl (C=O) groups excluding carboxylic acids is 2. The molecular formula is C21H36N4O5. The summed E-state index contributed by atoms with van der Waals surface area (Å²) >= 11 is 0. The summed E-state index contributed by atoms with van der Waals surface area (Å²) in [5.41, 5.74) is 4.80. The van der Waals surface area contributed by atoms with Crippen LogP contribution in [-0.4, -0.2) is 55.5 Å². The average molecular weight is 425 g/mol. The first-order valence-electron chi connectivity index (χ1n) is 10.6. The van der Waals surface area contributed by atoms with Crippen LogP contribution < -0.4 is 11.1 Å². The lowest BCUT2D eigenvalue weighted by Gasteiger charge is -2.29. The predicted molar refractivity (Wildman–Crippen MR) is 113 cm³/mol. The van der Waals surface area contributed by atoms with Gasteiger partial charge in [0.1, 0.15) is 0 Å². The number of imidazole rings is 1. The number of H-pyrrole nitrogens is 1. The van der Waals surface area contributed by atoms with Gasteiger partial charge in [0.15, 0.2) is 11.4 Å². The number of amides is 1. The Morgan fingerprint density at radius 3 is 2.43 bits per heavy atom. The van der Waals surface area contributed by atoms with E-state index in [0.717, 1.165) is 6.42 Å². The van der Waals surface area contributed by atoms with Gasteiger partial charge in [0.05, 0.1) is 18.4 Å². The molecule has 0 aromatic carbocycles. The minimum absolute atomic E-state index is 0.0314. The van der Waals surface area contributed by atoms with E-state index in [1.54, 1.807) is 20.0 Å². The number of rotatable bonds is 14. The number of ketones is 1. The molecule has 0 saturated carbocycles. The van der Waals surface area contributed by atoms with E-state index in [1.807, 2.05) is 13.8 Å². The van der Waals surface area contributed by atoms with E-state index >= 15 is 0 Å². The summed E-state index contributed by atoms with van der Waals surface area (Å²) < 4.78 is 0. The number of hydrogen-bond acceptors (Lipinski definition) is 6. The van der Waals surface area contributed by atoms with Crippen molar-refractivity contribution in [1.82, 2.24) is 15.3 Å². The van der Waals surface area contributed by atoms with Gasteiger partial charge in [0.25, 0.3) is 0 Å². The number of aromatic nitrogens is 2. The fourth-order valence-corrected chi connectivity index (χ4v) is 3.25. The van der Waals surface area contributed by atoms with Crippen LogP contribution >= 0.6 is 0 Å². The van der Waals surface area contributed by atoms with E-state index in [0.29, 0.717) is 12.1 Å². The monoisotopic (exact) mass is 424 g/mol. The second kappa shape index (κ2) is 11.8. The number of carboxylic acids is 1. The largest absolute Gasteiger partial charge is 0.479 e. The number of nitrogens with zero attached hydrogens (tertiary/aromatic N) is 1. The maximum atomic E-state index is 12.8. The van der Waals surface area contributed by atoms with Crippen molar-refractivity contribution in [2.45, 2.75) is 83.9 Å². The summed E-state index contributed by atoms with van der Waals surface area (Å²) in [6, 6.07) is -1.54. The third kappa shape index (κ3) is 6.91. The highest BCUT2D eigenvalue weighted by atomic mass is 16.4. The summed E-state index contributed by atoms with van der Waals surface area (Å²) in [6.45, 7) is 7.29. The zero-order valence-electron chi connectivity index (χ0n) is 18.4. The standard InChI is InChI=1S/C21H36N4O5/c1-5-13(3)18(22)19(27)25-16(10-15-11-23-12-24-15)17(26)8-7-9-21(30,20(28)29)14(4)6-2/h11-14,16,18,30H,5-10,22H2,1-4H3,(H,23,24)(H,25,27)(H,28,29)/t13-,14?,16-,18-,21?/m0/s1. The lowest BCUT2D eigenvalue weighted by atomic mass is 9.82. The number of carboxylic acid groups (broad SMARTS) is 1. The zero-order chi connectivity index (χ0) is 22.9. The molecule has 1 aromatic rings. The Morgan fingerprint density at radius 2 is 1.93 bits per heavy atom. The van der Waals surface area contributed by atoms with Crippen LogP contribution in [0.5, 0.6) is 0 Å². The first kappa shape index (κ1) is 25.8. The summed E-state index contributed by atoms with van der Waals surface area (Å²) in [5.74, 6) is -2.41. The molecule has 1 rings (SSSR count). The van der Waals surface area contributed by atoms with Crippen LogP contribution in [0, 0.1) is 11.8 Å². The normalized spacial score (nSPS) is 17.4. The summed E-state index contributed by atoms with van der Waals surface area (Å²) in [5, 5.41) is 22.7. The van der Waals surface area contributed by atoms with Gasteiger partial charge in [0.2, 0.25) is 5.91 Å². The molecule has 0 saturated heterocycles. The third-order valence-corrected chi connectivity index (χ3v) is 6.02. The van der Waals surface area contributed by atoms with Crippen molar-refractivity contribution in [2.75, 3.05) is 0 Å². The fourth-order valence-electron chi connectivity index (χ4n) is 3.25. The molecule has 0 fully saturated rings. The number of hydrogen-bond donors (Lipinski definition) is 5. The average Bonchev–Trinajstić information content (AvgIpc) is 3.23. The van der Waals surface area contributed by atoms with Crippen molar-refractivity contribution < 1.29 is 24.6 Å². The Morgan fingerprint density at radius 1 is 1.27 bits per heavy atom. The number of nitrogens with one attached hydrogen (secondary N) is 2. The van der Waals surface area contributed by atoms with E-state index in [1.165, 1.54) is 6.33 Å². The lowest BCUT2D eigenvalue weighted by molar-refractivity contribution is -0.165. The number of aliphatic hydroxyl groups is 1. The van der Waals surface area contributed by atoms with Gasteiger partial charge in [-0.3, -0.25) is 9.59 Å². The Bertz CT molecular complexity index is 694. The molecule has 9 nitrogen and oxygen atoms in total. The van der Waals surface area contributed by atoms with Gasteiger partial charge in [-0.05, 0) is 24.7 Å². The van der Waals surface area contributed by atoms with Gasteiger partial charge < -0.3 is 26.2 Å². The van der Waals surface area contributed by atoms with Crippen molar-refractivity contribution in [1.29, 1.82) is 0 Å². The Hall–Kier alpha value is -2.26. The molecular weight excluding hydrogens is 388 g/mol. The van der Waals surface area contributed by atoms with Gasteiger partial charge >= 0.3 is 5.97 Å². The van der Waals surface area contributed by atoms with Crippen molar-refractivity contribution >= 4 is 17.7 Å². The Kier molecular flexibility index (Phi) is 10.1. The molecule has 1 heterocycles. The maximum absolute atomic E-state index is 12.8. The minimum Gasteiger partial charge on any atom is -0.479 e. The number of nitrogens with two attached hydrogens (primary N) is 1. The predicted octanol–water partition coefficient (Wildman–Crippen LogP) is 1.41. The molecule has 0 aliphatic heterocycles. The Balaban J connectivity index is 2.82. The molecule has 5 atom stereocenters. The molecule has 0 radical (unpaired) electrons. The smallest absolute Gasteiger partial charge is 0.335 e. The highest BCUT2D eigenvalue weighted by molar-refractivity contribution is 5.91. The highest BCUT2D eigenvalue weighted by Crippen LogP contribution is 2.27. The lowest BCUT2D eigenvalue weighted by Crippen LogP contribution is -2.51. The van der Waals surface area contributed by atoms with E-state index < -0.39 is 35.5 Å². The number of aliphatic carboxylic acids is 1. The van der Waals surface area contributed by atoms with Gasteiger partial charge in [-0.2, -0.15) is 0 Å². The molecule has 2 unspecified atom stereocenters. The number of aromatic amines is 1. The molecule has 0 spiro atoms. The quantitative estimate of drug-likeness (QED) is 0.302. The topological polar surface area (TPSA) is 158 Å². The van der Waals surface area contributed by atoms with E-state index in [9.17, 15) is 24.6 Å². The maximum Gasteiger partial charge on any atom is 0.335 e. The number of Topliss-reactive ketones (excluding diaryl/α,β-unsaturated/α-hetero) is 1. The zero-order valence-corrected chi connectivity index (χ0v) is 18.4. The molecule has 1 amide bonds. The van der Waals surface area contributed by atoms with Crippen LogP contribution in [0.3, 0.4) is 0 Å². The van der Waals surface area contributed by atoms with Crippen LogP contribution in [0.4, 0.5) is 0 Å². The molecule has 170 valence electrons. The first-order valence-corrected chi connectivity index (χ1v) is 10.6. The van der Waals surface area contributed by atoms with E-state index in [-0.39, 0.29) is 37.4 Å². The van der Waals surface area contributed by atoms with Crippen molar-refractivity contribution in [3.8, 4) is 0 Å². The van der Waals surface area contributed by atoms with Crippen molar-refractivity contribution in [3.63, 3.8) is 0 Å². The van der Waals surface area contributed by atoms with E-state index in [4.69, 9.17) is 5.73 Å². The highest BCUT2D eigenvalue weighted by Gasteiger charge is 2.40. The van der Waals surface area contributed by atoms with Crippen LogP contribution in [0.2, 0.25) is 0 Å². The van der Waals surface area contributed by atoms with Crippen LogP contribution in [-0.2, 0) is 20.8 Å². The molecule has 6 N–H and O–H groups in total. The second-order valence-electron chi connectivity index (χ2n) is 8.11. The molecule has 30 heavy (non-hydrogen) atoms. The summed E-state index contributed by atoms with van der Waals surface area (Å²) in [4.78, 5) is 43.7. The van der Waals surface area contributed by atoms with Crippen LogP contribution in [0.1, 0.15) is 65.5 Å². The second-order valence-corrected chi connectivity index (χ2v) is 8.11. The van der Waals surface area contributed by atoms with Gasteiger partial charge in [-0.25, -0.2) is 9.78 Å². The summed E-state index contributed by atoms with van der Waals surface area (Å²) in [6.07, 6.45) is 4.71. The minimum atomic E-state index is -1.88. The van der Waals surface area contributed by atoms with Gasteiger partial charge in [-0.15, -0.1) is 0 Å². The van der Waals surface area contributed by atoms with Crippen LogP contribution in [0.15, 0.2) is 12.5 Å². The molecule has 0 bridgehead atoms. The van der Waals surface area contributed by atoms with Gasteiger partial charge in [0, 0.05) is 24.7 Å². The molecule has 0 aliphatic carbocycles. The molecule has 0 aliphatic rings. The van der Waals surface area contributed by atoms with Gasteiger partial charge in [-0.1, -0.05) is 40.5 Å².